The molecule has 8 heteroatoms. The minimum Gasteiger partial charge on any atom is -0.342 e. The van der Waals surface area contributed by atoms with Crippen molar-refractivity contribution in [2.24, 2.45) is 17.0 Å². The number of carbonyl (C=O) groups excluding carboxylic acids is 2. The Balaban J connectivity index is 1.89. The van der Waals surface area contributed by atoms with Gasteiger partial charge in [0.1, 0.15) is 0 Å². The van der Waals surface area contributed by atoms with Crippen LogP contribution in [0.1, 0.15) is 46.0 Å². The first-order valence-electron chi connectivity index (χ1n) is 8.75. The zero-order valence-corrected chi connectivity index (χ0v) is 15.4. The third-order valence-corrected chi connectivity index (χ3v) is 5.74. The van der Waals surface area contributed by atoms with Crippen molar-refractivity contribution >= 4 is 21.8 Å². The van der Waals surface area contributed by atoms with E-state index in [1.165, 1.54) is 0 Å². The van der Waals surface area contributed by atoms with Crippen LogP contribution in [0.3, 0.4) is 0 Å². The monoisotopic (exact) mass is 359 g/mol. The molecular weight excluding hydrogens is 330 g/mol. The summed E-state index contributed by atoms with van der Waals surface area (Å²) in [4.78, 5) is 28.3. The molecule has 2 aliphatic rings. The number of nitrogens with two attached hydrogens (primary N) is 1. The van der Waals surface area contributed by atoms with Gasteiger partial charge in [-0.05, 0) is 31.1 Å². The number of likely N-dealkylation sites (tertiary alicyclic amines) is 2. The van der Waals surface area contributed by atoms with Crippen LogP contribution in [-0.2, 0) is 19.6 Å². The van der Waals surface area contributed by atoms with Crippen LogP contribution < -0.4 is 5.14 Å². The lowest BCUT2D eigenvalue weighted by Crippen LogP contribution is -2.57. The van der Waals surface area contributed by atoms with Crippen molar-refractivity contribution in [2.75, 3.05) is 25.4 Å². The summed E-state index contributed by atoms with van der Waals surface area (Å²) in [5.74, 6) is 0.834. The van der Waals surface area contributed by atoms with E-state index in [1.54, 1.807) is 0 Å². The van der Waals surface area contributed by atoms with Gasteiger partial charge >= 0.3 is 0 Å². The van der Waals surface area contributed by atoms with Crippen LogP contribution >= 0.6 is 0 Å². The van der Waals surface area contributed by atoms with E-state index in [0.717, 1.165) is 19.4 Å². The van der Waals surface area contributed by atoms with E-state index in [-0.39, 0.29) is 36.5 Å². The fourth-order valence-electron chi connectivity index (χ4n) is 3.79. The Kier molecular flexibility index (Phi) is 6.25. The molecule has 0 aromatic carbocycles. The van der Waals surface area contributed by atoms with E-state index < -0.39 is 10.0 Å². The molecule has 2 saturated heterocycles. The molecule has 2 amide bonds. The van der Waals surface area contributed by atoms with Crippen LogP contribution in [0, 0.1) is 11.8 Å². The van der Waals surface area contributed by atoms with Crippen molar-refractivity contribution in [3.8, 4) is 0 Å². The van der Waals surface area contributed by atoms with Crippen LogP contribution in [-0.4, -0.2) is 61.5 Å². The minimum absolute atomic E-state index is 0.00981. The Morgan fingerprint density at radius 2 is 2.04 bits per heavy atom. The summed E-state index contributed by atoms with van der Waals surface area (Å²) in [6, 6.07) is 0.238. The Labute approximate surface area is 144 Å². The smallest absolute Gasteiger partial charge is 0.222 e. The van der Waals surface area contributed by atoms with Crippen molar-refractivity contribution in [1.82, 2.24) is 9.80 Å². The molecule has 0 saturated carbocycles. The standard InChI is InChI=1S/C16H29N3O4S/c1-12(2)10-19-14-7-8-18(11-13(14)5-6-16(19)21)15(20)4-3-9-24(17,22)23/h12-14H,3-11H2,1-2H3,(H2,17,22,23)/t13-,14+/m1/s1. The van der Waals surface area contributed by atoms with Gasteiger partial charge in [-0.1, -0.05) is 13.8 Å². The van der Waals surface area contributed by atoms with Gasteiger partial charge in [0.15, 0.2) is 0 Å². The third kappa shape index (κ3) is 5.17. The number of piperidine rings is 2. The zero-order valence-electron chi connectivity index (χ0n) is 14.6. The maximum atomic E-state index is 12.3. The van der Waals surface area contributed by atoms with Crippen LogP contribution in [0.5, 0.6) is 0 Å². The number of rotatable bonds is 6. The molecule has 138 valence electrons. The molecule has 2 aliphatic heterocycles. The first kappa shape index (κ1) is 19.2. The Hall–Kier alpha value is -1.15. The Morgan fingerprint density at radius 3 is 2.67 bits per heavy atom. The highest BCUT2D eigenvalue weighted by Crippen LogP contribution is 2.32. The molecule has 24 heavy (non-hydrogen) atoms. The van der Waals surface area contributed by atoms with Crippen LogP contribution in [0.25, 0.3) is 0 Å². The molecule has 0 unspecified atom stereocenters. The molecule has 2 fully saturated rings. The van der Waals surface area contributed by atoms with Crippen molar-refractivity contribution in [2.45, 2.75) is 52.0 Å². The highest BCUT2D eigenvalue weighted by atomic mass is 32.2. The van der Waals surface area contributed by atoms with Gasteiger partial charge in [-0.15, -0.1) is 0 Å². The maximum Gasteiger partial charge on any atom is 0.222 e. The molecule has 0 aromatic heterocycles. The second kappa shape index (κ2) is 7.82. The number of carbonyl (C=O) groups is 2. The summed E-state index contributed by atoms with van der Waals surface area (Å²) in [5, 5.41) is 4.97. The van der Waals surface area contributed by atoms with E-state index in [2.05, 4.69) is 13.8 Å². The van der Waals surface area contributed by atoms with Crippen LogP contribution in [0.2, 0.25) is 0 Å². The summed E-state index contributed by atoms with van der Waals surface area (Å²) < 4.78 is 21.9. The largest absolute Gasteiger partial charge is 0.342 e. The van der Waals surface area contributed by atoms with E-state index in [4.69, 9.17) is 5.14 Å². The quantitative estimate of drug-likeness (QED) is 0.748. The minimum atomic E-state index is -3.51. The molecule has 7 nitrogen and oxygen atoms in total. The van der Waals surface area contributed by atoms with E-state index >= 15 is 0 Å². The van der Waals surface area contributed by atoms with Gasteiger partial charge in [-0.25, -0.2) is 13.6 Å². The number of fused-ring (bicyclic) bond motifs is 1. The van der Waals surface area contributed by atoms with Gasteiger partial charge in [0.2, 0.25) is 21.8 Å². The third-order valence-electron chi connectivity index (χ3n) is 4.88. The van der Waals surface area contributed by atoms with Crippen molar-refractivity contribution in [3.05, 3.63) is 0 Å². The fraction of sp³-hybridized carbons (Fsp3) is 0.875. The molecule has 2 heterocycles. The summed E-state index contributed by atoms with van der Waals surface area (Å²) in [6.45, 7) is 6.31. The van der Waals surface area contributed by atoms with Gasteiger partial charge in [0.25, 0.3) is 0 Å². The molecule has 2 N–H and O–H groups in total. The predicted molar refractivity (Wildman–Crippen MR) is 91.5 cm³/mol. The summed E-state index contributed by atoms with van der Waals surface area (Å²) in [5.41, 5.74) is 0. The average Bonchev–Trinajstić information content (AvgIpc) is 2.48. The van der Waals surface area contributed by atoms with Crippen molar-refractivity contribution < 1.29 is 18.0 Å². The van der Waals surface area contributed by atoms with Crippen LogP contribution in [0.15, 0.2) is 0 Å². The highest BCUT2D eigenvalue weighted by molar-refractivity contribution is 7.89. The van der Waals surface area contributed by atoms with Gasteiger partial charge in [0, 0.05) is 38.5 Å². The Morgan fingerprint density at radius 1 is 1.33 bits per heavy atom. The predicted octanol–water partition coefficient (Wildman–Crippen LogP) is 0.551. The second-order valence-electron chi connectivity index (χ2n) is 7.41. The normalized spacial score (nSPS) is 25.1. The fourth-order valence-corrected chi connectivity index (χ4v) is 4.34. The second-order valence-corrected chi connectivity index (χ2v) is 9.14. The lowest BCUT2D eigenvalue weighted by Gasteiger charge is -2.47. The maximum absolute atomic E-state index is 12.3. The number of nitrogens with zero attached hydrogens (tertiary/aromatic N) is 2. The molecule has 0 aromatic rings. The Bertz CT molecular complexity index is 576. The lowest BCUT2D eigenvalue weighted by molar-refractivity contribution is -0.144. The van der Waals surface area contributed by atoms with Gasteiger partial charge in [-0.3, -0.25) is 9.59 Å². The number of amides is 2. The molecular formula is C16H29N3O4S. The topological polar surface area (TPSA) is 101 Å². The van der Waals surface area contributed by atoms with Crippen molar-refractivity contribution in [1.29, 1.82) is 0 Å². The SMILES string of the molecule is CC(C)CN1C(=O)CC[C@@H]2CN(C(=O)CCCS(N)(=O)=O)CC[C@@H]21. The van der Waals surface area contributed by atoms with Gasteiger partial charge < -0.3 is 9.80 Å². The van der Waals surface area contributed by atoms with Crippen LogP contribution in [0.4, 0.5) is 0 Å². The number of primary sulfonamides is 1. The number of hydrogen-bond donors (Lipinski definition) is 1. The van der Waals surface area contributed by atoms with E-state index in [1.807, 2.05) is 9.80 Å². The molecule has 2 atom stereocenters. The molecule has 0 bridgehead atoms. The van der Waals surface area contributed by atoms with E-state index in [9.17, 15) is 18.0 Å². The summed E-state index contributed by atoms with van der Waals surface area (Å²) in [7, 11) is -3.51. The number of hydrogen-bond acceptors (Lipinski definition) is 4. The molecule has 2 rings (SSSR count). The molecule has 0 spiro atoms. The molecule has 0 aliphatic carbocycles. The summed E-state index contributed by atoms with van der Waals surface area (Å²) >= 11 is 0. The molecule has 0 radical (unpaired) electrons. The summed E-state index contributed by atoms with van der Waals surface area (Å²) in [6.07, 6.45) is 2.67. The average molecular weight is 359 g/mol. The first-order valence-corrected chi connectivity index (χ1v) is 10.5. The van der Waals surface area contributed by atoms with Gasteiger partial charge in [-0.2, -0.15) is 0 Å². The van der Waals surface area contributed by atoms with E-state index in [0.29, 0.717) is 31.3 Å². The zero-order chi connectivity index (χ0) is 17.9. The van der Waals surface area contributed by atoms with Gasteiger partial charge in [0.05, 0.1) is 5.75 Å². The first-order chi connectivity index (χ1) is 11.2. The number of sulfonamides is 1. The highest BCUT2D eigenvalue weighted by Gasteiger charge is 2.40. The van der Waals surface area contributed by atoms with Crippen molar-refractivity contribution in [3.63, 3.8) is 0 Å². The lowest BCUT2D eigenvalue weighted by atomic mass is 9.83.